The minimum absolute atomic E-state index is 0.803. The van der Waals surface area contributed by atoms with Gasteiger partial charge in [0.05, 0.1) is 0 Å². The van der Waals surface area contributed by atoms with Crippen LogP contribution in [0.4, 0.5) is 0 Å². The lowest BCUT2D eigenvalue weighted by molar-refractivity contribution is 0.545. The summed E-state index contributed by atoms with van der Waals surface area (Å²) in [5, 5.41) is 6.67. The van der Waals surface area contributed by atoms with E-state index in [4.69, 9.17) is 0 Å². The number of hydrogen-bond donors (Lipinski definition) is 2. The Morgan fingerprint density at radius 3 is 1.80 bits per heavy atom. The van der Waals surface area contributed by atoms with E-state index in [0.29, 0.717) is 0 Å². The molecule has 1 rings (SSSR count). The molecule has 0 aromatic carbocycles. The van der Waals surface area contributed by atoms with Crippen LogP contribution in [0.25, 0.3) is 0 Å². The Labute approximate surface area is 64.4 Å². The highest BCUT2D eigenvalue weighted by Gasteiger charge is 2.03. The number of hydrogen-bond acceptors (Lipinski definition) is 2. The molecule has 0 amide bonds. The average molecular weight is 144 g/mol. The van der Waals surface area contributed by atoms with Crippen LogP contribution in [0.1, 0.15) is 20.8 Å². The van der Waals surface area contributed by atoms with Crippen molar-refractivity contribution < 1.29 is 0 Å². The maximum atomic E-state index is 3.33. The molecule has 0 saturated carbocycles. The fourth-order valence-corrected chi connectivity index (χ4v) is 0.946. The highest BCUT2D eigenvalue weighted by atomic mass is 15.0. The molecule has 1 fully saturated rings. The van der Waals surface area contributed by atoms with Crippen molar-refractivity contribution >= 4 is 0 Å². The second-order valence-electron chi connectivity index (χ2n) is 2.51. The van der Waals surface area contributed by atoms with Crippen molar-refractivity contribution in [3.05, 3.63) is 0 Å². The summed E-state index contributed by atoms with van der Waals surface area (Å²) in [7, 11) is 0. The van der Waals surface area contributed by atoms with Crippen LogP contribution in [0.5, 0.6) is 0 Å². The van der Waals surface area contributed by atoms with Crippen LogP contribution in [0.2, 0.25) is 0 Å². The summed E-state index contributed by atoms with van der Waals surface area (Å²) < 4.78 is 0. The van der Waals surface area contributed by atoms with Gasteiger partial charge < -0.3 is 10.6 Å². The van der Waals surface area contributed by atoms with Gasteiger partial charge >= 0.3 is 0 Å². The fraction of sp³-hybridized carbons (Fsp3) is 1.00. The molecule has 0 atom stereocenters. The largest absolute Gasteiger partial charge is 0.315 e. The molecule has 62 valence electrons. The van der Waals surface area contributed by atoms with Crippen molar-refractivity contribution in [2.24, 2.45) is 5.92 Å². The Morgan fingerprint density at radius 2 is 1.40 bits per heavy atom. The van der Waals surface area contributed by atoms with Crippen LogP contribution in [0, 0.1) is 5.92 Å². The zero-order valence-electron chi connectivity index (χ0n) is 7.41. The van der Waals surface area contributed by atoms with Gasteiger partial charge in [0.2, 0.25) is 0 Å². The first-order valence-electron chi connectivity index (χ1n) is 4.31. The van der Waals surface area contributed by atoms with Gasteiger partial charge in [0, 0.05) is 13.1 Å². The molecule has 0 radical (unpaired) electrons. The zero-order valence-corrected chi connectivity index (χ0v) is 7.41. The highest BCUT2D eigenvalue weighted by Crippen LogP contribution is 1.90. The second-order valence-corrected chi connectivity index (χ2v) is 2.51. The fourth-order valence-electron chi connectivity index (χ4n) is 0.946. The molecule has 10 heavy (non-hydrogen) atoms. The first-order chi connectivity index (χ1) is 4.89. The van der Waals surface area contributed by atoms with Crippen molar-refractivity contribution in [2.45, 2.75) is 20.8 Å². The molecule has 0 spiro atoms. The molecule has 2 nitrogen and oxygen atoms in total. The summed E-state index contributed by atoms with van der Waals surface area (Å²) in [4.78, 5) is 0. The Hall–Kier alpha value is -0.0800. The van der Waals surface area contributed by atoms with Crippen molar-refractivity contribution in [1.82, 2.24) is 10.6 Å². The van der Waals surface area contributed by atoms with Crippen LogP contribution in [0.3, 0.4) is 0 Å². The van der Waals surface area contributed by atoms with Crippen LogP contribution in [0.15, 0.2) is 0 Å². The quantitative estimate of drug-likeness (QED) is 0.526. The third-order valence-corrected chi connectivity index (χ3v) is 1.46. The summed E-state index contributed by atoms with van der Waals surface area (Å²) in [6.45, 7) is 10.9. The van der Waals surface area contributed by atoms with E-state index in [9.17, 15) is 0 Å². The summed E-state index contributed by atoms with van der Waals surface area (Å²) in [6.07, 6.45) is 0. The maximum Gasteiger partial charge on any atom is 0.00768 e. The van der Waals surface area contributed by atoms with Crippen molar-refractivity contribution in [2.75, 3.05) is 26.2 Å². The summed E-state index contributed by atoms with van der Waals surface area (Å²) >= 11 is 0. The summed E-state index contributed by atoms with van der Waals surface area (Å²) in [5.74, 6) is 0.803. The number of rotatable bonds is 0. The predicted molar refractivity (Wildman–Crippen MR) is 46.3 cm³/mol. The van der Waals surface area contributed by atoms with Gasteiger partial charge in [0.25, 0.3) is 0 Å². The van der Waals surface area contributed by atoms with E-state index in [1.165, 1.54) is 13.1 Å². The van der Waals surface area contributed by atoms with Crippen LogP contribution < -0.4 is 10.6 Å². The molecule has 0 unspecified atom stereocenters. The predicted octanol–water partition coefficient (Wildman–Crippen LogP) is 0.842. The average Bonchev–Trinajstić information content (AvgIpc) is 2.21. The summed E-state index contributed by atoms with van der Waals surface area (Å²) in [5.41, 5.74) is 0. The Morgan fingerprint density at radius 1 is 1.00 bits per heavy atom. The van der Waals surface area contributed by atoms with Gasteiger partial charge in [-0.25, -0.2) is 0 Å². The molecule has 1 aliphatic rings. The lowest BCUT2D eigenvalue weighted by Gasteiger charge is -2.04. The highest BCUT2D eigenvalue weighted by molar-refractivity contribution is 4.65. The third-order valence-electron chi connectivity index (χ3n) is 1.46. The van der Waals surface area contributed by atoms with Crippen molar-refractivity contribution in [3.8, 4) is 0 Å². The second kappa shape index (κ2) is 7.03. The molecular weight excluding hydrogens is 124 g/mol. The SMILES string of the molecule is CC.CC1CNCCNC1. The van der Waals surface area contributed by atoms with Crippen LogP contribution in [-0.4, -0.2) is 26.2 Å². The lowest BCUT2D eigenvalue weighted by Crippen LogP contribution is -2.21. The van der Waals surface area contributed by atoms with E-state index in [2.05, 4.69) is 17.6 Å². The zero-order chi connectivity index (χ0) is 7.82. The molecule has 1 saturated heterocycles. The van der Waals surface area contributed by atoms with Gasteiger partial charge in [-0.3, -0.25) is 0 Å². The normalized spacial score (nSPS) is 20.7. The summed E-state index contributed by atoms with van der Waals surface area (Å²) in [6, 6.07) is 0. The molecule has 1 aliphatic heterocycles. The first-order valence-corrected chi connectivity index (χ1v) is 4.31. The van der Waals surface area contributed by atoms with Crippen LogP contribution in [-0.2, 0) is 0 Å². The van der Waals surface area contributed by atoms with Gasteiger partial charge in [-0.2, -0.15) is 0 Å². The van der Waals surface area contributed by atoms with E-state index >= 15 is 0 Å². The lowest BCUT2D eigenvalue weighted by atomic mass is 10.2. The topological polar surface area (TPSA) is 24.1 Å². The van der Waals surface area contributed by atoms with E-state index in [-0.39, 0.29) is 0 Å². The smallest absolute Gasteiger partial charge is 0.00768 e. The van der Waals surface area contributed by atoms with E-state index in [0.717, 1.165) is 19.0 Å². The van der Waals surface area contributed by atoms with E-state index in [1.807, 2.05) is 13.8 Å². The van der Waals surface area contributed by atoms with Gasteiger partial charge in [0.1, 0.15) is 0 Å². The van der Waals surface area contributed by atoms with Crippen LogP contribution >= 0.6 is 0 Å². The third kappa shape index (κ3) is 4.77. The number of nitrogens with one attached hydrogen (secondary N) is 2. The Kier molecular flexibility index (Phi) is 6.98. The maximum absolute atomic E-state index is 3.33. The van der Waals surface area contributed by atoms with Gasteiger partial charge in [-0.1, -0.05) is 20.8 Å². The van der Waals surface area contributed by atoms with E-state index in [1.54, 1.807) is 0 Å². The molecular formula is C8H20N2. The molecule has 2 heteroatoms. The van der Waals surface area contributed by atoms with Gasteiger partial charge in [-0.05, 0) is 19.0 Å². The van der Waals surface area contributed by atoms with E-state index < -0.39 is 0 Å². The molecule has 0 aromatic heterocycles. The Balaban J connectivity index is 0.000000371. The molecule has 0 aromatic rings. The molecule has 1 heterocycles. The van der Waals surface area contributed by atoms with Gasteiger partial charge in [-0.15, -0.1) is 0 Å². The minimum Gasteiger partial charge on any atom is -0.315 e. The molecule has 2 N–H and O–H groups in total. The molecule has 0 aliphatic carbocycles. The van der Waals surface area contributed by atoms with Crippen molar-refractivity contribution in [3.63, 3.8) is 0 Å². The first kappa shape index (κ1) is 9.92. The minimum atomic E-state index is 0.803. The molecule has 0 bridgehead atoms. The monoisotopic (exact) mass is 144 g/mol. The standard InChI is InChI=1S/C6H14N2.C2H6/c1-6-4-7-2-3-8-5-6;1-2/h6-8H,2-5H2,1H3;1-2H3. The van der Waals surface area contributed by atoms with Gasteiger partial charge in [0.15, 0.2) is 0 Å². The Bertz CT molecular complexity index is 56.3. The van der Waals surface area contributed by atoms with Crippen molar-refractivity contribution in [1.29, 1.82) is 0 Å².